The third-order valence-electron chi connectivity index (χ3n) is 2.24. The van der Waals surface area contributed by atoms with Crippen molar-refractivity contribution in [1.82, 2.24) is 4.72 Å². The van der Waals surface area contributed by atoms with Crippen LogP contribution in [0.5, 0.6) is 0 Å². The number of halogens is 2. The molecule has 0 aliphatic carbocycles. The Bertz CT molecular complexity index is 534. The lowest BCUT2D eigenvalue weighted by Gasteiger charge is -2.11. The molecule has 7 heteroatoms. The van der Waals surface area contributed by atoms with Gasteiger partial charge in [-0.15, -0.1) is 0 Å². The predicted molar refractivity (Wildman–Crippen MR) is 63.1 cm³/mol. The van der Waals surface area contributed by atoms with E-state index in [1.807, 2.05) is 0 Å². The molecule has 1 N–H and O–H groups in total. The van der Waals surface area contributed by atoms with E-state index in [4.69, 9.17) is 0 Å². The molecule has 1 aliphatic rings. The van der Waals surface area contributed by atoms with E-state index in [0.29, 0.717) is 11.5 Å². The number of benzene rings is 1. The van der Waals surface area contributed by atoms with Gasteiger partial charge in [-0.1, -0.05) is 0 Å². The van der Waals surface area contributed by atoms with Crippen LogP contribution in [0, 0.1) is 11.6 Å². The summed E-state index contributed by atoms with van der Waals surface area (Å²) in [5, 5.41) is 0.448. The van der Waals surface area contributed by atoms with Gasteiger partial charge in [0.15, 0.2) is 11.6 Å². The highest BCUT2D eigenvalue weighted by molar-refractivity contribution is 8.12. The van der Waals surface area contributed by atoms with Crippen LogP contribution in [0.2, 0.25) is 0 Å². The summed E-state index contributed by atoms with van der Waals surface area (Å²) in [5.74, 6) is -2.89. The van der Waals surface area contributed by atoms with E-state index in [1.54, 1.807) is 0 Å². The van der Waals surface area contributed by atoms with Gasteiger partial charge in [-0.25, -0.2) is 13.8 Å². The van der Waals surface area contributed by atoms with Gasteiger partial charge in [-0.05, 0) is 18.2 Å². The molecule has 0 unspecified atom stereocenters. The van der Waals surface area contributed by atoms with Crippen LogP contribution in [-0.2, 0) is 4.79 Å². The summed E-state index contributed by atoms with van der Waals surface area (Å²) in [6, 6.07) is 2.84. The predicted octanol–water partition coefficient (Wildman–Crippen LogP) is 2.06. The van der Waals surface area contributed by atoms with Crippen molar-refractivity contribution in [1.29, 1.82) is 0 Å². The third kappa shape index (κ3) is 2.92. The summed E-state index contributed by atoms with van der Waals surface area (Å²) in [5.41, 5.74) is -0.0288. The first-order valence-corrected chi connectivity index (χ1v) is 5.90. The van der Waals surface area contributed by atoms with Gasteiger partial charge < -0.3 is 0 Å². The van der Waals surface area contributed by atoms with Crippen molar-refractivity contribution in [3.8, 4) is 0 Å². The zero-order valence-electron chi connectivity index (χ0n) is 9.07. The summed E-state index contributed by atoms with van der Waals surface area (Å²) >= 11 is 0.963. The van der Waals surface area contributed by atoms with Gasteiger partial charge in [0.2, 0.25) is 5.91 Å². The molecule has 0 saturated carbocycles. The molecule has 1 heterocycles. The molecule has 0 atom stereocenters. The molecular formula is C11H8F2N2O2S. The second-order valence-electron chi connectivity index (χ2n) is 3.57. The lowest BCUT2D eigenvalue weighted by atomic mass is 10.2. The molecule has 0 radical (unpaired) electrons. The smallest absolute Gasteiger partial charge is 0.277 e. The summed E-state index contributed by atoms with van der Waals surface area (Å²) in [7, 11) is 0. The molecule has 1 aromatic carbocycles. The normalized spacial score (nSPS) is 17.7. The Morgan fingerprint density at radius 3 is 2.67 bits per heavy atom. The van der Waals surface area contributed by atoms with E-state index in [0.717, 1.165) is 30.1 Å². The average Bonchev–Trinajstić information content (AvgIpc) is 2.35. The second kappa shape index (κ2) is 5.26. The van der Waals surface area contributed by atoms with Crippen molar-refractivity contribution < 1.29 is 18.4 Å². The van der Waals surface area contributed by atoms with Crippen LogP contribution >= 0.6 is 11.9 Å². The van der Waals surface area contributed by atoms with Crippen molar-refractivity contribution in [2.24, 2.45) is 4.99 Å². The van der Waals surface area contributed by atoms with Crippen molar-refractivity contribution in [2.75, 3.05) is 0 Å². The Morgan fingerprint density at radius 1 is 1.28 bits per heavy atom. The first-order valence-electron chi connectivity index (χ1n) is 5.09. The molecule has 1 saturated heterocycles. The molecule has 1 aromatic rings. The van der Waals surface area contributed by atoms with Crippen LogP contribution in [0.3, 0.4) is 0 Å². The number of hydrogen-bond acceptors (Lipinski definition) is 3. The number of amides is 2. The zero-order chi connectivity index (χ0) is 13.1. The monoisotopic (exact) mass is 270 g/mol. The van der Waals surface area contributed by atoms with Crippen LogP contribution in [-0.4, -0.2) is 16.9 Å². The Kier molecular flexibility index (Phi) is 3.71. The number of carbonyl (C=O) groups excluding carboxylic acids is 2. The molecule has 0 aromatic heterocycles. The molecule has 2 amide bonds. The third-order valence-corrected chi connectivity index (χ3v) is 3.10. The molecule has 18 heavy (non-hydrogen) atoms. The molecule has 1 aliphatic heterocycles. The first-order chi connectivity index (χ1) is 8.56. The highest BCUT2D eigenvalue weighted by atomic mass is 32.2. The van der Waals surface area contributed by atoms with Gasteiger partial charge in [0.1, 0.15) is 0 Å². The molecular weight excluding hydrogens is 262 g/mol. The van der Waals surface area contributed by atoms with Gasteiger partial charge >= 0.3 is 0 Å². The van der Waals surface area contributed by atoms with Gasteiger partial charge in [-0.2, -0.15) is 0 Å². The van der Waals surface area contributed by atoms with E-state index in [1.165, 1.54) is 0 Å². The SMILES string of the molecule is O=C1CCC(=NC(=O)c2ccc(F)c(F)c2)SN1. The highest BCUT2D eigenvalue weighted by Gasteiger charge is 2.16. The average molecular weight is 270 g/mol. The Hall–Kier alpha value is -1.76. The number of nitrogens with one attached hydrogen (secondary N) is 1. The first kappa shape index (κ1) is 12.7. The number of hydrogen-bond donors (Lipinski definition) is 1. The molecule has 4 nitrogen and oxygen atoms in total. The molecule has 94 valence electrons. The van der Waals surface area contributed by atoms with Crippen LogP contribution in [0.1, 0.15) is 23.2 Å². The van der Waals surface area contributed by atoms with E-state index in [-0.39, 0.29) is 17.9 Å². The highest BCUT2D eigenvalue weighted by Crippen LogP contribution is 2.15. The van der Waals surface area contributed by atoms with Crippen molar-refractivity contribution in [3.63, 3.8) is 0 Å². The fourth-order valence-electron chi connectivity index (χ4n) is 1.32. The topological polar surface area (TPSA) is 58.5 Å². The number of rotatable bonds is 1. The van der Waals surface area contributed by atoms with Gasteiger partial charge in [0.25, 0.3) is 5.91 Å². The molecule has 2 rings (SSSR count). The number of carbonyl (C=O) groups is 2. The minimum atomic E-state index is -1.09. The van der Waals surface area contributed by atoms with E-state index >= 15 is 0 Å². The van der Waals surface area contributed by atoms with Crippen molar-refractivity contribution >= 4 is 28.8 Å². The van der Waals surface area contributed by atoms with Crippen molar-refractivity contribution in [3.05, 3.63) is 35.4 Å². The van der Waals surface area contributed by atoms with Crippen LogP contribution in [0.15, 0.2) is 23.2 Å². The summed E-state index contributed by atoms with van der Waals surface area (Å²) in [4.78, 5) is 26.3. The lowest BCUT2D eigenvalue weighted by molar-refractivity contribution is -0.119. The Balaban J connectivity index is 2.14. The van der Waals surface area contributed by atoms with Crippen LogP contribution in [0.4, 0.5) is 8.78 Å². The largest absolute Gasteiger partial charge is 0.295 e. The maximum absolute atomic E-state index is 12.9. The Morgan fingerprint density at radius 2 is 2.06 bits per heavy atom. The second-order valence-corrected chi connectivity index (χ2v) is 4.45. The zero-order valence-corrected chi connectivity index (χ0v) is 9.89. The van der Waals surface area contributed by atoms with E-state index in [2.05, 4.69) is 9.71 Å². The minimum absolute atomic E-state index is 0.0288. The fraction of sp³-hybridized carbons (Fsp3) is 0.182. The molecule has 0 bridgehead atoms. The van der Waals surface area contributed by atoms with E-state index < -0.39 is 17.5 Å². The molecule has 0 spiro atoms. The number of aliphatic imine (C=N–C) groups is 1. The maximum Gasteiger partial charge on any atom is 0.277 e. The van der Waals surface area contributed by atoms with Gasteiger partial charge in [-0.3, -0.25) is 14.3 Å². The quantitative estimate of drug-likeness (QED) is 0.795. The summed E-state index contributed by atoms with van der Waals surface area (Å²) in [6.07, 6.45) is 0.628. The summed E-state index contributed by atoms with van der Waals surface area (Å²) in [6.45, 7) is 0. The Labute approximate surface area is 106 Å². The standard InChI is InChI=1S/C11H8F2N2O2S/c12-7-2-1-6(5-8(7)13)11(17)14-10-4-3-9(16)15-18-10/h1-2,5H,3-4H2,(H,15,16). The van der Waals surface area contributed by atoms with E-state index in [9.17, 15) is 18.4 Å². The van der Waals surface area contributed by atoms with Crippen molar-refractivity contribution in [2.45, 2.75) is 12.8 Å². The molecule has 1 fully saturated rings. The summed E-state index contributed by atoms with van der Waals surface area (Å²) < 4.78 is 28.1. The van der Waals surface area contributed by atoms with Crippen LogP contribution in [0.25, 0.3) is 0 Å². The minimum Gasteiger partial charge on any atom is -0.295 e. The van der Waals surface area contributed by atoms with Gasteiger partial charge in [0, 0.05) is 30.4 Å². The number of nitrogens with zero attached hydrogens (tertiary/aromatic N) is 1. The maximum atomic E-state index is 12.9. The lowest BCUT2D eigenvalue weighted by Crippen LogP contribution is -2.24. The fourth-order valence-corrected chi connectivity index (χ4v) is 1.99. The van der Waals surface area contributed by atoms with Gasteiger partial charge in [0.05, 0.1) is 5.04 Å². The van der Waals surface area contributed by atoms with Crippen LogP contribution < -0.4 is 4.72 Å².